The van der Waals surface area contributed by atoms with Gasteiger partial charge in [0, 0.05) is 8.95 Å². The molecule has 3 aromatic carbocycles. The number of carbonyl (C=O) groups excluding carboxylic acids is 2. The summed E-state index contributed by atoms with van der Waals surface area (Å²) in [4.78, 5) is 25.7. The molecular weight excluding hydrogens is 784 g/mol. The average Bonchev–Trinajstić information content (AvgIpc) is 2.67. The topological polar surface area (TPSA) is 52.6 Å². The molecule has 0 aliphatic heterocycles. The first-order chi connectivity index (χ1) is 14.2. The predicted molar refractivity (Wildman–Crippen MR) is 135 cm³/mol. The zero-order valence-electron chi connectivity index (χ0n) is 14.5. The first-order valence-corrected chi connectivity index (χ1v) is 12.8. The monoisotopic (exact) mass is 786 g/mol. The van der Waals surface area contributed by atoms with Crippen molar-refractivity contribution in [3.8, 4) is 11.5 Å². The van der Waals surface area contributed by atoms with Gasteiger partial charge >= 0.3 is 11.9 Å². The SMILES string of the molecule is O=C(Oc1c(Br)cc(Br)cc1Br)c1ccccc1C(=O)Oc1c(Br)cc(Br)cc1Br. The first kappa shape index (κ1) is 24.1. The zero-order chi connectivity index (χ0) is 22.0. The number of hydrogen-bond acceptors (Lipinski definition) is 4. The number of benzene rings is 3. The molecule has 0 atom stereocenters. The van der Waals surface area contributed by atoms with E-state index >= 15 is 0 Å². The van der Waals surface area contributed by atoms with Gasteiger partial charge in [-0.2, -0.15) is 0 Å². The third kappa shape index (κ3) is 5.63. The Morgan fingerprint density at radius 2 is 0.867 bits per heavy atom. The van der Waals surface area contributed by atoms with Crippen LogP contribution in [-0.2, 0) is 0 Å². The largest absolute Gasteiger partial charge is 0.420 e. The lowest BCUT2D eigenvalue weighted by Crippen LogP contribution is -2.18. The van der Waals surface area contributed by atoms with Crippen LogP contribution >= 0.6 is 95.6 Å². The zero-order valence-corrected chi connectivity index (χ0v) is 24.0. The van der Waals surface area contributed by atoms with Crippen LogP contribution in [0.15, 0.2) is 75.4 Å². The number of esters is 2. The van der Waals surface area contributed by atoms with Crippen molar-refractivity contribution in [2.75, 3.05) is 0 Å². The number of carbonyl (C=O) groups is 2. The lowest BCUT2D eigenvalue weighted by molar-refractivity contribution is 0.0689. The van der Waals surface area contributed by atoms with Gasteiger partial charge in [0.25, 0.3) is 0 Å². The second-order valence-electron chi connectivity index (χ2n) is 5.72. The quantitative estimate of drug-likeness (QED) is 0.196. The van der Waals surface area contributed by atoms with E-state index in [0.29, 0.717) is 29.4 Å². The summed E-state index contributed by atoms with van der Waals surface area (Å²) in [6.45, 7) is 0. The fourth-order valence-electron chi connectivity index (χ4n) is 2.39. The van der Waals surface area contributed by atoms with Gasteiger partial charge in [0.2, 0.25) is 0 Å². The lowest BCUT2D eigenvalue weighted by Gasteiger charge is -2.13. The van der Waals surface area contributed by atoms with Gasteiger partial charge in [-0.05, 0) is 100 Å². The fourth-order valence-corrected chi connectivity index (χ4v) is 7.23. The van der Waals surface area contributed by atoms with E-state index in [1.165, 1.54) is 12.1 Å². The predicted octanol–water partition coefficient (Wildman–Crippen LogP) is 8.70. The van der Waals surface area contributed by atoms with Crippen LogP contribution in [0.5, 0.6) is 11.5 Å². The second kappa shape index (κ2) is 10.4. The summed E-state index contributed by atoms with van der Waals surface area (Å²) in [5.74, 6) is -0.796. The highest BCUT2D eigenvalue weighted by Gasteiger charge is 2.23. The smallest absolute Gasteiger partial charge is 0.344 e. The Hall–Kier alpha value is -0.520. The van der Waals surface area contributed by atoms with Crippen LogP contribution in [0.4, 0.5) is 0 Å². The van der Waals surface area contributed by atoms with E-state index in [1.807, 2.05) is 0 Å². The molecule has 30 heavy (non-hydrogen) atoms. The highest BCUT2D eigenvalue weighted by molar-refractivity contribution is 9.12. The summed E-state index contributed by atoms with van der Waals surface area (Å²) in [6, 6.07) is 13.3. The van der Waals surface area contributed by atoms with Crippen LogP contribution in [0.25, 0.3) is 0 Å². The molecule has 0 aliphatic carbocycles. The van der Waals surface area contributed by atoms with E-state index in [9.17, 15) is 9.59 Å². The third-order valence-corrected chi connectivity index (χ3v) is 6.95. The molecule has 0 radical (unpaired) electrons. The summed E-state index contributed by atoms with van der Waals surface area (Å²) < 4.78 is 15.0. The Kier molecular flexibility index (Phi) is 8.36. The minimum atomic E-state index is -0.694. The van der Waals surface area contributed by atoms with E-state index in [2.05, 4.69) is 95.6 Å². The molecule has 10 heteroatoms. The summed E-state index contributed by atoms with van der Waals surface area (Å²) in [5.41, 5.74) is 0.155. The van der Waals surface area contributed by atoms with Crippen molar-refractivity contribution in [2.45, 2.75) is 0 Å². The second-order valence-corrected chi connectivity index (χ2v) is 11.0. The van der Waals surface area contributed by atoms with Gasteiger partial charge in [-0.25, -0.2) is 9.59 Å². The Morgan fingerprint density at radius 3 is 1.17 bits per heavy atom. The third-order valence-electron chi connectivity index (χ3n) is 3.68. The van der Waals surface area contributed by atoms with E-state index in [-0.39, 0.29) is 11.1 Å². The summed E-state index contributed by atoms with van der Waals surface area (Å²) in [6.07, 6.45) is 0. The molecule has 0 saturated carbocycles. The molecule has 0 amide bonds. The van der Waals surface area contributed by atoms with Gasteiger partial charge in [0.15, 0.2) is 11.5 Å². The highest BCUT2D eigenvalue weighted by atomic mass is 79.9. The number of ether oxygens (including phenoxy) is 2. The van der Waals surface area contributed by atoms with Crippen molar-refractivity contribution in [1.29, 1.82) is 0 Å². The van der Waals surface area contributed by atoms with Crippen LogP contribution in [-0.4, -0.2) is 11.9 Å². The van der Waals surface area contributed by atoms with E-state index < -0.39 is 11.9 Å². The number of halogens is 6. The molecule has 4 nitrogen and oxygen atoms in total. The van der Waals surface area contributed by atoms with Gasteiger partial charge in [-0.15, -0.1) is 0 Å². The first-order valence-electron chi connectivity index (χ1n) is 8.00. The molecule has 0 saturated heterocycles. The van der Waals surface area contributed by atoms with Crippen molar-refractivity contribution >= 4 is 108 Å². The van der Waals surface area contributed by atoms with Crippen LogP contribution < -0.4 is 9.47 Å². The normalized spacial score (nSPS) is 10.6. The standard InChI is InChI=1S/C20H8Br6O4/c21-9-5-13(23)17(14(24)6-9)29-19(27)11-3-1-2-4-12(11)20(28)30-18-15(25)7-10(22)8-16(18)26/h1-8H. The highest BCUT2D eigenvalue weighted by Crippen LogP contribution is 2.38. The van der Waals surface area contributed by atoms with E-state index in [1.54, 1.807) is 36.4 Å². The molecule has 3 aromatic rings. The van der Waals surface area contributed by atoms with Crippen LogP contribution in [0.3, 0.4) is 0 Å². The van der Waals surface area contributed by atoms with Crippen molar-refractivity contribution in [2.24, 2.45) is 0 Å². The van der Waals surface area contributed by atoms with Gasteiger partial charge < -0.3 is 9.47 Å². The van der Waals surface area contributed by atoms with Gasteiger partial charge in [-0.1, -0.05) is 44.0 Å². The van der Waals surface area contributed by atoms with Crippen molar-refractivity contribution in [1.82, 2.24) is 0 Å². The molecule has 3 rings (SSSR count). The minimum Gasteiger partial charge on any atom is -0.420 e. The maximum Gasteiger partial charge on any atom is 0.344 e. The Labute approximate surface area is 222 Å². The minimum absolute atomic E-state index is 0.0774. The molecular formula is C20H8Br6O4. The number of rotatable bonds is 4. The summed E-state index contributed by atoms with van der Waals surface area (Å²) in [5, 5.41) is 0. The Morgan fingerprint density at radius 1 is 0.567 bits per heavy atom. The summed E-state index contributed by atoms with van der Waals surface area (Å²) >= 11 is 20.2. The average molecular weight is 792 g/mol. The van der Waals surface area contributed by atoms with Gasteiger partial charge in [0.05, 0.1) is 29.0 Å². The maximum atomic E-state index is 12.9. The van der Waals surface area contributed by atoms with Crippen molar-refractivity contribution in [3.63, 3.8) is 0 Å². The molecule has 0 heterocycles. The molecule has 0 fully saturated rings. The fraction of sp³-hybridized carbons (Fsp3) is 0. The molecule has 154 valence electrons. The van der Waals surface area contributed by atoms with Crippen LogP contribution in [0.2, 0.25) is 0 Å². The molecule has 0 unspecified atom stereocenters. The molecule has 0 aliphatic rings. The van der Waals surface area contributed by atoms with Crippen LogP contribution in [0.1, 0.15) is 20.7 Å². The lowest BCUT2D eigenvalue weighted by atomic mass is 10.1. The van der Waals surface area contributed by atoms with E-state index in [0.717, 1.165) is 8.95 Å². The van der Waals surface area contributed by atoms with E-state index in [4.69, 9.17) is 9.47 Å². The van der Waals surface area contributed by atoms with Crippen molar-refractivity contribution < 1.29 is 19.1 Å². The molecule has 0 bridgehead atoms. The Balaban J connectivity index is 1.91. The van der Waals surface area contributed by atoms with Crippen molar-refractivity contribution in [3.05, 3.63) is 86.5 Å². The maximum absolute atomic E-state index is 12.9. The summed E-state index contributed by atoms with van der Waals surface area (Å²) in [7, 11) is 0. The number of hydrogen-bond donors (Lipinski definition) is 0. The molecule has 0 N–H and O–H groups in total. The Bertz CT molecular complexity index is 1030. The molecule has 0 aromatic heterocycles. The van der Waals surface area contributed by atoms with Gasteiger partial charge in [0.1, 0.15) is 0 Å². The molecule has 0 spiro atoms. The van der Waals surface area contributed by atoms with Gasteiger partial charge in [-0.3, -0.25) is 0 Å². The van der Waals surface area contributed by atoms with Crippen LogP contribution in [0, 0.1) is 0 Å².